The Morgan fingerprint density at radius 1 is 0.900 bits per heavy atom. The smallest absolute Gasteiger partial charge is 0.00367 e. The van der Waals surface area contributed by atoms with E-state index >= 15 is 0 Å². The highest BCUT2D eigenvalue weighted by atomic mass is 14.1. The van der Waals surface area contributed by atoms with Gasteiger partial charge in [0.25, 0.3) is 0 Å². The zero-order valence-corrected chi connectivity index (χ0v) is 5.46. The van der Waals surface area contributed by atoms with Crippen LogP contribution in [0.15, 0.2) is 59.1 Å². The quantitative estimate of drug-likeness (QED) is 0.437. The van der Waals surface area contributed by atoms with Crippen LogP contribution in [-0.4, -0.2) is 0 Å². The number of allylic oxidation sites excluding steroid dienone is 8. The summed E-state index contributed by atoms with van der Waals surface area (Å²) in [6, 6.07) is 0. The van der Waals surface area contributed by atoms with Crippen molar-refractivity contribution in [1.82, 2.24) is 0 Å². The number of rotatable bonds is 0. The third kappa shape index (κ3) is 0.728. The van der Waals surface area contributed by atoms with Gasteiger partial charge in [0.2, 0.25) is 0 Å². The molecule has 2 aliphatic carbocycles. The fraction of sp³-hybridized carbons (Fsp3) is 0. The minimum absolute atomic E-state index is 1.25. The largest absolute Gasteiger partial charge is 0.0702 e. The summed E-state index contributed by atoms with van der Waals surface area (Å²) in [5, 5.41) is 0. The first-order valence-electron chi connectivity index (χ1n) is 3.23. The van der Waals surface area contributed by atoms with Crippen LogP contribution in [0.25, 0.3) is 0 Å². The highest BCUT2D eigenvalue weighted by molar-refractivity contribution is 5.56. The van der Waals surface area contributed by atoms with Gasteiger partial charge in [-0.15, -0.1) is 0 Å². The molecule has 0 amide bonds. The lowest BCUT2D eigenvalue weighted by Gasteiger charge is -2.07. The molecule has 0 fully saturated rings. The van der Waals surface area contributed by atoms with Gasteiger partial charge in [-0.1, -0.05) is 35.8 Å². The summed E-state index contributed by atoms with van der Waals surface area (Å²) in [6.45, 7) is 0. The molecule has 0 heteroatoms. The van der Waals surface area contributed by atoms with Crippen LogP contribution in [0.2, 0.25) is 0 Å². The van der Waals surface area contributed by atoms with Crippen molar-refractivity contribution < 1.29 is 0 Å². The van der Waals surface area contributed by atoms with Crippen molar-refractivity contribution in [2.75, 3.05) is 0 Å². The molecule has 0 aromatic carbocycles. The van der Waals surface area contributed by atoms with Gasteiger partial charge >= 0.3 is 0 Å². The van der Waals surface area contributed by atoms with E-state index < -0.39 is 0 Å². The van der Waals surface area contributed by atoms with E-state index in [0.29, 0.717) is 0 Å². The number of hydrogen-bond donors (Lipinski definition) is 0. The van der Waals surface area contributed by atoms with Gasteiger partial charge in [0.15, 0.2) is 0 Å². The molecule has 0 saturated heterocycles. The Balaban J connectivity index is 2.53. The van der Waals surface area contributed by atoms with Crippen LogP contribution in [-0.2, 0) is 0 Å². The van der Waals surface area contributed by atoms with E-state index in [4.69, 9.17) is 0 Å². The molecule has 0 spiro atoms. The summed E-state index contributed by atoms with van der Waals surface area (Å²) in [5.74, 6) is 0. The lowest BCUT2D eigenvalue weighted by molar-refractivity contribution is 1.47. The van der Waals surface area contributed by atoms with Crippen LogP contribution >= 0.6 is 0 Å². The summed E-state index contributed by atoms with van der Waals surface area (Å²) in [7, 11) is 0. The summed E-state index contributed by atoms with van der Waals surface area (Å²) in [6.07, 6.45) is 12.0. The van der Waals surface area contributed by atoms with Crippen LogP contribution < -0.4 is 0 Å². The minimum atomic E-state index is 1.25. The van der Waals surface area contributed by atoms with Crippen molar-refractivity contribution in [2.24, 2.45) is 0 Å². The second kappa shape index (κ2) is 2.04. The molecular formula is C10H6. The monoisotopic (exact) mass is 126 g/mol. The molecule has 0 N–H and O–H groups in total. The predicted octanol–water partition coefficient (Wildman–Crippen LogP) is 2.29. The van der Waals surface area contributed by atoms with Gasteiger partial charge in [-0.3, -0.25) is 0 Å². The summed E-state index contributed by atoms with van der Waals surface area (Å²) in [5.41, 5.74) is 8.34. The first-order chi connectivity index (χ1) is 4.97. The fourth-order valence-corrected chi connectivity index (χ4v) is 0.926. The van der Waals surface area contributed by atoms with Crippen LogP contribution in [0.3, 0.4) is 0 Å². The van der Waals surface area contributed by atoms with Crippen molar-refractivity contribution >= 4 is 0 Å². The standard InChI is InChI=1S/C10H6/c1-2-4-6-10-8-7-9(10)5-3-1/h1,3,5-8H/b3-1?,5-3-,9-5?,10-6?. The van der Waals surface area contributed by atoms with Crippen molar-refractivity contribution in [3.05, 3.63) is 59.1 Å². The van der Waals surface area contributed by atoms with Crippen LogP contribution in [0.4, 0.5) is 0 Å². The SMILES string of the molecule is C1=C=CC2=C(C=C2)/C=C\C=1. The fourth-order valence-electron chi connectivity index (χ4n) is 0.926. The van der Waals surface area contributed by atoms with Gasteiger partial charge in [0, 0.05) is 0 Å². The molecule has 0 heterocycles. The third-order valence-electron chi connectivity index (χ3n) is 1.54. The topological polar surface area (TPSA) is 0 Å². The van der Waals surface area contributed by atoms with Gasteiger partial charge in [-0.2, -0.15) is 0 Å². The maximum Gasteiger partial charge on any atom is -0.00367 e. The summed E-state index contributed by atoms with van der Waals surface area (Å²) >= 11 is 0. The van der Waals surface area contributed by atoms with E-state index in [9.17, 15) is 0 Å². The molecule has 2 rings (SSSR count). The lowest BCUT2D eigenvalue weighted by Crippen LogP contribution is -1.89. The molecule has 0 aromatic rings. The van der Waals surface area contributed by atoms with Crippen LogP contribution in [0, 0.1) is 0 Å². The van der Waals surface area contributed by atoms with Gasteiger partial charge in [-0.05, 0) is 23.3 Å². The van der Waals surface area contributed by atoms with E-state index in [-0.39, 0.29) is 0 Å². The molecule has 0 bridgehead atoms. The molecule has 0 radical (unpaired) electrons. The van der Waals surface area contributed by atoms with Crippen molar-refractivity contribution in [3.8, 4) is 0 Å². The Morgan fingerprint density at radius 3 is 2.60 bits per heavy atom. The highest BCUT2D eigenvalue weighted by Crippen LogP contribution is 2.20. The second-order valence-corrected chi connectivity index (χ2v) is 2.20. The summed E-state index contributed by atoms with van der Waals surface area (Å²) < 4.78 is 0. The van der Waals surface area contributed by atoms with Crippen LogP contribution in [0.5, 0.6) is 0 Å². The molecule has 46 valence electrons. The van der Waals surface area contributed by atoms with E-state index in [0.717, 1.165) is 0 Å². The number of hydrogen-bond acceptors (Lipinski definition) is 0. The molecule has 0 nitrogen and oxygen atoms in total. The third-order valence-corrected chi connectivity index (χ3v) is 1.54. The average Bonchev–Trinajstić information content (AvgIpc) is 1.89. The molecule has 0 atom stereocenters. The molecular weight excluding hydrogens is 120 g/mol. The molecule has 0 aromatic heterocycles. The van der Waals surface area contributed by atoms with Gasteiger partial charge < -0.3 is 0 Å². The molecule has 2 aliphatic rings. The molecule has 0 unspecified atom stereocenters. The first-order valence-corrected chi connectivity index (χ1v) is 3.23. The lowest BCUT2D eigenvalue weighted by atomic mass is 9.97. The van der Waals surface area contributed by atoms with Crippen molar-refractivity contribution in [3.63, 3.8) is 0 Å². The normalized spacial score (nSPS) is 21.6. The summed E-state index contributed by atoms with van der Waals surface area (Å²) in [4.78, 5) is 0. The van der Waals surface area contributed by atoms with Crippen molar-refractivity contribution in [2.45, 2.75) is 0 Å². The Labute approximate surface area is 59.9 Å². The Morgan fingerprint density at radius 2 is 1.80 bits per heavy atom. The Kier molecular flexibility index (Phi) is 1.08. The van der Waals surface area contributed by atoms with E-state index in [1.807, 2.05) is 18.2 Å². The maximum atomic E-state index is 2.93. The second-order valence-electron chi connectivity index (χ2n) is 2.20. The minimum Gasteiger partial charge on any atom is -0.0702 e. The van der Waals surface area contributed by atoms with E-state index in [2.05, 4.69) is 29.7 Å². The highest BCUT2D eigenvalue weighted by Gasteiger charge is 2.02. The Bertz CT molecular complexity index is 336. The zero-order chi connectivity index (χ0) is 6.81. The predicted molar refractivity (Wildman–Crippen MR) is 41.5 cm³/mol. The molecule has 0 saturated carbocycles. The first kappa shape index (κ1) is 5.32. The van der Waals surface area contributed by atoms with Gasteiger partial charge in [-0.25, -0.2) is 0 Å². The van der Waals surface area contributed by atoms with Gasteiger partial charge in [0.1, 0.15) is 0 Å². The van der Waals surface area contributed by atoms with Crippen molar-refractivity contribution in [1.29, 1.82) is 0 Å². The van der Waals surface area contributed by atoms with E-state index in [1.165, 1.54) is 11.1 Å². The Hall–Kier alpha value is -1.48. The van der Waals surface area contributed by atoms with E-state index in [1.54, 1.807) is 0 Å². The molecule has 0 aliphatic heterocycles. The maximum absolute atomic E-state index is 2.93. The zero-order valence-electron chi connectivity index (χ0n) is 5.46. The molecule has 10 heavy (non-hydrogen) atoms. The van der Waals surface area contributed by atoms with Crippen LogP contribution in [0.1, 0.15) is 0 Å². The average molecular weight is 126 g/mol. The van der Waals surface area contributed by atoms with Gasteiger partial charge in [0.05, 0.1) is 0 Å².